The van der Waals surface area contributed by atoms with Crippen molar-refractivity contribution >= 4 is 34.7 Å². The summed E-state index contributed by atoms with van der Waals surface area (Å²) in [5, 5.41) is 11.5. The van der Waals surface area contributed by atoms with Gasteiger partial charge in [0.05, 0.1) is 10.6 Å². The summed E-state index contributed by atoms with van der Waals surface area (Å²) in [4.78, 5) is 26.0. The standard InChI is InChI=1S/C19H14N2O4/c1-13(22)25-18-4-2-3-15-8-10-16(20-19(15)18)9-5-14-6-11-17(12-7-14)21(23)24/h2-12H,1H3/b9-5+. The first-order valence-corrected chi connectivity index (χ1v) is 7.54. The molecule has 25 heavy (non-hydrogen) atoms. The van der Waals surface area contributed by atoms with Gasteiger partial charge >= 0.3 is 5.97 Å². The van der Waals surface area contributed by atoms with E-state index < -0.39 is 10.9 Å². The van der Waals surface area contributed by atoms with Crippen molar-refractivity contribution in [2.45, 2.75) is 6.92 Å². The van der Waals surface area contributed by atoms with Gasteiger partial charge in [0, 0.05) is 24.4 Å². The number of aromatic nitrogens is 1. The normalized spacial score (nSPS) is 10.9. The van der Waals surface area contributed by atoms with Crippen molar-refractivity contribution in [3.8, 4) is 5.75 Å². The quantitative estimate of drug-likeness (QED) is 0.308. The van der Waals surface area contributed by atoms with Crippen molar-refractivity contribution in [1.82, 2.24) is 4.98 Å². The van der Waals surface area contributed by atoms with Crippen LogP contribution in [-0.2, 0) is 4.79 Å². The summed E-state index contributed by atoms with van der Waals surface area (Å²) in [6, 6.07) is 15.4. The molecule has 0 atom stereocenters. The fourth-order valence-corrected chi connectivity index (χ4v) is 2.35. The fraction of sp³-hybridized carbons (Fsp3) is 0.0526. The van der Waals surface area contributed by atoms with Gasteiger partial charge < -0.3 is 4.74 Å². The number of carbonyl (C=O) groups is 1. The minimum Gasteiger partial charge on any atom is -0.424 e. The predicted molar refractivity (Wildman–Crippen MR) is 95.1 cm³/mol. The van der Waals surface area contributed by atoms with E-state index in [2.05, 4.69) is 4.98 Å². The van der Waals surface area contributed by atoms with Crippen molar-refractivity contribution in [2.24, 2.45) is 0 Å². The molecule has 0 aliphatic heterocycles. The Morgan fingerprint density at radius 1 is 1.08 bits per heavy atom. The van der Waals surface area contributed by atoms with Gasteiger partial charge in [-0.25, -0.2) is 4.98 Å². The maximum absolute atomic E-state index is 11.2. The number of carbonyl (C=O) groups excluding carboxylic acids is 1. The molecule has 3 aromatic rings. The first-order valence-electron chi connectivity index (χ1n) is 7.54. The number of nitro groups is 1. The van der Waals surface area contributed by atoms with Crippen LogP contribution in [0.15, 0.2) is 54.6 Å². The molecule has 0 saturated carbocycles. The zero-order valence-electron chi connectivity index (χ0n) is 13.4. The molecule has 124 valence electrons. The molecule has 1 heterocycles. The zero-order chi connectivity index (χ0) is 17.8. The van der Waals surface area contributed by atoms with Crippen LogP contribution in [0.2, 0.25) is 0 Å². The number of pyridine rings is 1. The molecule has 0 saturated heterocycles. The molecule has 2 aromatic carbocycles. The van der Waals surface area contributed by atoms with Gasteiger partial charge in [-0.1, -0.05) is 24.3 Å². The Morgan fingerprint density at radius 3 is 2.52 bits per heavy atom. The van der Waals surface area contributed by atoms with Crippen LogP contribution in [0.25, 0.3) is 23.1 Å². The molecule has 0 aliphatic carbocycles. The van der Waals surface area contributed by atoms with Crippen molar-refractivity contribution < 1.29 is 14.5 Å². The summed E-state index contributed by atoms with van der Waals surface area (Å²) >= 11 is 0. The molecule has 0 amide bonds. The Morgan fingerprint density at radius 2 is 1.84 bits per heavy atom. The van der Waals surface area contributed by atoms with Crippen LogP contribution in [0, 0.1) is 10.1 Å². The summed E-state index contributed by atoms with van der Waals surface area (Å²) in [6.07, 6.45) is 3.61. The fourth-order valence-electron chi connectivity index (χ4n) is 2.35. The molecule has 0 bridgehead atoms. The number of hydrogen-bond acceptors (Lipinski definition) is 5. The SMILES string of the molecule is CC(=O)Oc1cccc2ccc(/C=C/c3ccc([N+](=O)[O-])cc3)nc12. The van der Waals surface area contributed by atoms with E-state index in [4.69, 9.17) is 4.74 Å². The summed E-state index contributed by atoms with van der Waals surface area (Å²) in [5.41, 5.74) is 2.15. The summed E-state index contributed by atoms with van der Waals surface area (Å²) in [5.74, 6) is 0.0108. The molecule has 0 spiro atoms. The first-order chi connectivity index (χ1) is 12.0. The molecule has 3 rings (SSSR count). The van der Waals surface area contributed by atoms with Gasteiger partial charge in [-0.15, -0.1) is 0 Å². The van der Waals surface area contributed by atoms with E-state index >= 15 is 0 Å². The largest absolute Gasteiger partial charge is 0.424 e. The summed E-state index contributed by atoms with van der Waals surface area (Å²) in [6.45, 7) is 1.34. The molecular formula is C19H14N2O4. The summed E-state index contributed by atoms with van der Waals surface area (Å²) < 4.78 is 5.19. The van der Waals surface area contributed by atoms with Crippen LogP contribution >= 0.6 is 0 Å². The van der Waals surface area contributed by atoms with E-state index in [9.17, 15) is 14.9 Å². The molecule has 6 heteroatoms. The molecule has 0 unspecified atom stereocenters. The number of ether oxygens (including phenoxy) is 1. The van der Waals surface area contributed by atoms with Crippen LogP contribution in [-0.4, -0.2) is 15.9 Å². The lowest BCUT2D eigenvalue weighted by Gasteiger charge is -2.06. The summed E-state index contributed by atoms with van der Waals surface area (Å²) in [7, 11) is 0. The second-order valence-electron chi connectivity index (χ2n) is 5.34. The second kappa shape index (κ2) is 6.92. The number of para-hydroxylation sites is 1. The molecule has 0 fully saturated rings. The van der Waals surface area contributed by atoms with Gasteiger partial charge in [0.1, 0.15) is 5.52 Å². The minimum absolute atomic E-state index is 0.0482. The van der Waals surface area contributed by atoms with Crippen LogP contribution in [0.3, 0.4) is 0 Å². The van der Waals surface area contributed by atoms with Crippen LogP contribution in [0.4, 0.5) is 5.69 Å². The zero-order valence-corrected chi connectivity index (χ0v) is 13.4. The number of esters is 1. The predicted octanol–water partition coefficient (Wildman–Crippen LogP) is 4.24. The lowest BCUT2D eigenvalue weighted by molar-refractivity contribution is -0.384. The smallest absolute Gasteiger partial charge is 0.308 e. The highest BCUT2D eigenvalue weighted by molar-refractivity contribution is 5.88. The number of nitrogens with zero attached hydrogens (tertiary/aromatic N) is 2. The van der Waals surface area contributed by atoms with Crippen molar-refractivity contribution in [1.29, 1.82) is 0 Å². The number of non-ortho nitro benzene ring substituents is 1. The van der Waals surface area contributed by atoms with Gasteiger partial charge in [-0.05, 0) is 35.9 Å². The third kappa shape index (κ3) is 3.87. The Bertz CT molecular complexity index is 978. The van der Waals surface area contributed by atoms with E-state index in [1.807, 2.05) is 24.3 Å². The van der Waals surface area contributed by atoms with Gasteiger partial charge in [0.15, 0.2) is 5.75 Å². The number of benzene rings is 2. The molecule has 1 aromatic heterocycles. The number of fused-ring (bicyclic) bond motifs is 1. The maximum Gasteiger partial charge on any atom is 0.308 e. The molecule has 6 nitrogen and oxygen atoms in total. The maximum atomic E-state index is 11.2. The Balaban J connectivity index is 1.90. The molecule has 0 aliphatic rings. The third-order valence-electron chi connectivity index (χ3n) is 3.51. The van der Waals surface area contributed by atoms with Crippen LogP contribution in [0.5, 0.6) is 5.75 Å². The van der Waals surface area contributed by atoms with E-state index in [1.165, 1.54) is 19.1 Å². The third-order valence-corrected chi connectivity index (χ3v) is 3.51. The monoisotopic (exact) mass is 334 g/mol. The van der Waals surface area contributed by atoms with Gasteiger partial charge in [0.25, 0.3) is 5.69 Å². The van der Waals surface area contributed by atoms with E-state index in [0.717, 1.165) is 10.9 Å². The van der Waals surface area contributed by atoms with Gasteiger partial charge in [0.2, 0.25) is 0 Å². The van der Waals surface area contributed by atoms with E-state index in [1.54, 1.807) is 30.3 Å². The van der Waals surface area contributed by atoms with E-state index in [0.29, 0.717) is 17.0 Å². The minimum atomic E-state index is -0.436. The highest BCUT2D eigenvalue weighted by Crippen LogP contribution is 2.24. The topological polar surface area (TPSA) is 82.3 Å². The van der Waals surface area contributed by atoms with Gasteiger partial charge in [-0.3, -0.25) is 14.9 Å². The Hall–Kier alpha value is -3.54. The Kier molecular flexibility index (Phi) is 4.52. The highest BCUT2D eigenvalue weighted by Gasteiger charge is 2.06. The second-order valence-corrected chi connectivity index (χ2v) is 5.34. The van der Waals surface area contributed by atoms with E-state index in [-0.39, 0.29) is 5.69 Å². The number of nitro benzene ring substituents is 1. The van der Waals surface area contributed by atoms with Crippen molar-refractivity contribution in [2.75, 3.05) is 0 Å². The van der Waals surface area contributed by atoms with Gasteiger partial charge in [-0.2, -0.15) is 0 Å². The van der Waals surface area contributed by atoms with Crippen molar-refractivity contribution in [3.05, 3.63) is 76.0 Å². The average Bonchev–Trinajstić information content (AvgIpc) is 2.60. The lowest BCUT2D eigenvalue weighted by atomic mass is 10.1. The van der Waals surface area contributed by atoms with Crippen molar-refractivity contribution in [3.63, 3.8) is 0 Å². The molecule has 0 N–H and O–H groups in total. The molecule has 0 radical (unpaired) electrons. The molecular weight excluding hydrogens is 320 g/mol. The van der Waals surface area contributed by atoms with Crippen LogP contribution in [0.1, 0.15) is 18.2 Å². The number of hydrogen-bond donors (Lipinski definition) is 0. The van der Waals surface area contributed by atoms with Crippen LogP contribution < -0.4 is 4.74 Å². The highest BCUT2D eigenvalue weighted by atomic mass is 16.6. The number of rotatable bonds is 4. The Labute approximate surface area is 143 Å². The average molecular weight is 334 g/mol. The lowest BCUT2D eigenvalue weighted by Crippen LogP contribution is -2.02. The first kappa shape index (κ1) is 16.3.